The zero-order valence-electron chi connectivity index (χ0n) is 13.2. The van der Waals surface area contributed by atoms with E-state index in [0.29, 0.717) is 22.3 Å². The Morgan fingerprint density at radius 3 is 2.83 bits per heavy atom. The van der Waals surface area contributed by atoms with Gasteiger partial charge < -0.3 is 10.6 Å². The first-order chi connectivity index (χ1) is 11.1. The SMILES string of the molecule is O=C(CN1CCNCC12CCCCC2)Nc1cccc(Cl)c1Cl. The largest absolute Gasteiger partial charge is 0.324 e. The van der Waals surface area contributed by atoms with Gasteiger partial charge in [-0.3, -0.25) is 9.69 Å². The van der Waals surface area contributed by atoms with Crippen molar-refractivity contribution in [3.63, 3.8) is 0 Å². The van der Waals surface area contributed by atoms with E-state index in [2.05, 4.69) is 15.5 Å². The molecule has 4 nitrogen and oxygen atoms in total. The number of benzene rings is 1. The van der Waals surface area contributed by atoms with Crippen molar-refractivity contribution in [2.75, 3.05) is 31.5 Å². The van der Waals surface area contributed by atoms with Crippen LogP contribution in [0.3, 0.4) is 0 Å². The number of amides is 1. The first kappa shape index (κ1) is 17.0. The molecule has 1 aromatic carbocycles. The summed E-state index contributed by atoms with van der Waals surface area (Å²) in [6.07, 6.45) is 6.15. The number of carbonyl (C=O) groups excluding carboxylic acids is 1. The summed E-state index contributed by atoms with van der Waals surface area (Å²) in [6.45, 7) is 3.24. The number of piperazine rings is 1. The fraction of sp³-hybridized carbons (Fsp3) is 0.588. The quantitative estimate of drug-likeness (QED) is 0.871. The predicted octanol–water partition coefficient (Wildman–Crippen LogP) is 3.54. The maximum atomic E-state index is 12.5. The minimum atomic E-state index is -0.0268. The van der Waals surface area contributed by atoms with Crippen LogP contribution in [0.5, 0.6) is 0 Å². The Hall–Kier alpha value is -0.810. The first-order valence-electron chi connectivity index (χ1n) is 8.30. The van der Waals surface area contributed by atoms with Gasteiger partial charge in [0.2, 0.25) is 5.91 Å². The standard InChI is InChI=1S/C17H23Cl2N3O/c18-13-5-4-6-14(16(13)19)21-15(23)11-22-10-9-20-12-17(22)7-2-1-3-8-17/h4-6,20H,1-3,7-12H2,(H,21,23). The molecule has 6 heteroatoms. The van der Waals surface area contributed by atoms with Gasteiger partial charge in [-0.15, -0.1) is 0 Å². The monoisotopic (exact) mass is 355 g/mol. The van der Waals surface area contributed by atoms with Crippen molar-refractivity contribution in [3.8, 4) is 0 Å². The molecule has 23 heavy (non-hydrogen) atoms. The number of nitrogens with one attached hydrogen (secondary N) is 2. The van der Waals surface area contributed by atoms with Gasteiger partial charge in [0.1, 0.15) is 0 Å². The van der Waals surface area contributed by atoms with Gasteiger partial charge in [0.15, 0.2) is 0 Å². The van der Waals surface area contributed by atoms with Crippen molar-refractivity contribution < 1.29 is 4.79 Å². The molecule has 1 saturated heterocycles. The molecule has 1 aliphatic carbocycles. The third-order valence-electron chi connectivity index (χ3n) is 5.03. The van der Waals surface area contributed by atoms with Crippen LogP contribution in [0, 0.1) is 0 Å². The molecule has 1 saturated carbocycles. The normalized spacial score (nSPS) is 21.3. The van der Waals surface area contributed by atoms with Crippen LogP contribution >= 0.6 is 23.2 Å². The lowest BCUT2D eigenvalue weighted by Crippen LogP contribution is -2.63. The van der Waals surface area contributed by atoms with E-state index >= 15 is 0 Å². The molecule has 0 radical (unpaired) electrons. The molecule has 126 valence electrons. The van der Waals surface area contributed by atoms with E-state index in [4.69, 9.17) is 23.2 Å². The minimum absolute atomic E-state index is 0.0268. The molecule has 0 bridgehead atoms. The molecule has 0 aromatic heterocycles. The van der Waals surface area contributed by atoms with Crippen LogP contribution in [0.2, 0.25) is 10.0 Å². The Morgan fingerprint density at radius 2 is 2.04 bits per heavy atom. The highest BCUT2D eigenvalue weighted by Gasteiger charge is 2.40. The molecule has 3 rings (SSSR count). The molecule has 0 unspecified atom stereocenters. The van der Waals surface area contributed by atoms with Gasteiger partial charge >= 0.3 is 0 Å². The predicted molar refractivity (Wildman–Crippen MR) is 95.4 cm³/mol. The Morgan fingerprint density at radius 1 is 1.26 bits per heavy atom. The zero-order chi connectivity index (χ0) is 16.3. The van der Waals surface area contributed by atoms with E-state index in [0.717, 1.165) is 19.6 Å². The molecule has 2 N–H and O–H groups in total. The van der Waals surface area contributed by atoms with Crippen molar-refractivity contribution in [2.45, 2.75) is 37.6 Å². The van der Waals surface area contributed by atoms with Gasteiger partial charge in [0.05, 0.1) is 22.3 Å². The summed E-state index contributed by atoms with van der Waals surface area (Å²) in [5.41, 5.74) is 0.725. The van der Waals surface area contributed by atoms with Crippen LogP contribution < -0.4 is 10.6 Å². The van der Waals surface area contributed by atoms with Gasteiger partial charge in [-0.05, 0) is 25.0 Å². The lowest BCUT2D eigenvalue weighted by Gasteiger charge is -2.49. The minimum Gasteiger partial charge on any atom is -0.324 e. The second-order valence-corrected chi connectivity index (χ2v) is 7.32. The maximum absolute atomic E-state index is 12.5. The number of rotatable bonds is 3. The van der Waals surface area contributed by atoms with E-state index < -0.39 is 0 Å². The second kappa shape index (κ2) is 7.39. The third kappa shape index (κ3) is 3.82. The fourth-order valence-corrected chi connectivity index (χ4v) is 4.14. The molecule has 2 fully saturated rings. The maximum Gasteiger partial charge on any atom is 0.238 e. The lowest BCUT2D eigenvalue weighted by atomic mass is 9.79. The Labute approximate surface area is 147 Å². The summed E-state index contributed by atoms with van der Waals surface area (Å²) < 4.78 is 0. The Bertz CT molecular complexity index is 565. The number of hydrogen-bond donors (Lipinski definition) is 2. The van der Waals surface area contributed by atoms with Crippen molar-refractivity contribution in [2.24, 2.45) is 0 Å². The second-order valence-electron chi connectivity index (χ2n) is 6.53. The number of nitrogens with zero attached hydrogens (tertiary/aromatic N) is 1. The van der Waals surface area contributed by atoms with E-state index in [-0.39, 0.29) is 11.4 Å². The average molecular weight is 356 g/mol. The third-order valence-corrected chi connectivity index (χ3v) is 5.85. The molecular weight excluding hydrogens is 333 g/mol. The van der Waals surface area contributed by atoms with Crippen molar-refractivity contribution in [3.05, 3.63) is 28.2 Å². The van der Waals surface area contributed by atoms with Crippen LogP contribution in [-0.4, -0.2) is 42.5 Å². The summed E-state index contributed by atoms with van der Waals surface area (Å²) in [7, 11) is 0. The Balaban J connectivity index is 1.67. The number of carbonyl (C=O) groups is 1. The number of hydrogen-bond acceptors (Lipinski definition) is 3. The molecule has 1 amide bonds. The summed E-state index contributed by atoms with van der Waals surface area (Å²) >= 11 is 12.2. The molecule has 0 atom stereocenters. The molecule has 1 aromatic rings. The Kier molecular flexibility index (Phi) is 5.47. The summed E-state index contributed by atoms with van der Waals surface area (Å²) in [5.74, 6) is -0.0268. The fourth-order valence-electron chi connectivity index (χ4n) is 3.80. The molecular formula is C17H23Cl2N3O. The van der Waals surface area contributed by atoms with Crippen molar-refractivity contribution >= 4 is 34.8 Å². The number of anilines is 1. The molecule has 1 spiro atoms. The topological polar surface area (TPSA) is 44.4 Å². The van der Waals surface area contributed by atoms with Crippen LogP contribution in [0.25, 0.3) is 0 Å². The van der Waals surface area contributed by atoms with Crippen molar-refractivity contribution in [1.29, 1.82) is 0 Å². The highest BCUT2D eigenvalue weighted by Crippen LogP contribution is 2.34. The van der Waals surface area contributed by atoms with Crippen LogP contribution in [-0.2, 0) is 4.79 Å². The van der Waals surface area contributed by atoms with E-state index in [1.54, 1.807) is 18.2 Å². The van der Waals surface area contributed by atoms with E-state index in [1.165, 1.54) is 32.1 Å². The van der Waals surface area contributed by atoms with Gasteiger partial charge in [-0.1, -0.05) is 48.5 Å². The van der Waals surface area contributed by atoms with Gasteiger partial charge in [-0.25, -0.2) is 0 Å². The van der Waals surface area contributed by atoms with Gasteiger partial charge in [0.25, 0.3) is 0 Å². The summed E-state index contributed by atoms with van der Waals surface area (Å²) in [5, 5.41) is 7.26. The zero-order valence-corrected chi connectivity index (χ0v) is 14.7. The van der Waals surface area contributed by atoms with E-state index in [9.17, 15) is 4.79 Å². The average Bonchev–Trinajstić information content (AvgIpc) is 2.55. The van der Waals surface area contributed by atoms with Crippen LogP contribution in [0.4, 0.5) is 5.69 Å². The number of halogens is 2. The van der Waals surface area contributed by atoms with Crippen LogP contribution in [0.1, 0.15) is 32.1 Å². The summed E-state index contributed by atoms with van der Waals surface area (Å²) in [6, 6.07) is 5.28. The van der Waals surface area contributed by atoms with Gasteiger partial charge in [0, 0.05) is 25.2 Å². The highest BCUT2D eigenvalue weighted by molar-refractivity contribution is 6.43. The van der Waals surface area contributed by atoms with Crippen molar-refractivity contribution in [1.82, 2.24) is 10.2 Å². The first-order valence-corrected chi connectivity index (χ1v) is 9.06. The lowest BCUT2D eigenvalue weighted by molar-refractivity contribution is -0.120. The highest BCUT2D eigenvalue weighted by atomic mass is 35.5. The molecule has 1 aliphatic heterocycles. The summed E-state index contributed by atoms with van der Waals surface area (Å²) in [4.78, 5) is 14.9. The molecule has 2 aliphatic rings. The van der Waals surface area contributed by atoms with E-state index in [1.807, 2.05) is 0 Å². The van der Waals surface area contributed by atoms with Crippen LogP contribution in [0.15, 0.2) is 18.2 Å². The smallest absolute Gasteiger partial charge is 0.238 e. The molecule has 1 heterocycles. The van der Waals surface area contributed by atoms with Gasteiger partial charge in [-0.2, -0.15) is 0 Å².